The number of hydrogen-bond donors (Lipinski definition) is 1. The molecule has 0 aliphatic rings. The van der Waals surface area contributed by atoms with Crippen LogP contribution in [0.25, 0.3) is 22.3 Å². The molecule has 0 aliphatic heterocycles. The predicted molar refractivity (Wildman–Crippen MR) is 71.6 cm³/mol. The van der Waals surface area contributed by atoms with E-state index in [0.717, 1.165) is 6.07 Å². The smallest absolute Gasteiger partial charge is 0.418 e. The molecule has 0 radical (unpaired) electrons. The number of aromatic hydroxyl groups is 1. The Hall–Kier alpha value is -2.63. The fraction of sp³-hybridized carbons (Fsp3) is 0.0667. The number of alkyl halides is 3. The van der Waals surface area contributed by atoms with Crippen molar-refractivity contribution < 1.29 is 18.3 Å². The van der Waals surface area contributed by atoms with Crippen LogP contribution >= 0.6 is 0 Å². The van der Waals surface area contributed by atoms with E-state index < -0.39 is 11.7 Å². The van der Waals surface area contributed by atoms with E-state index >= 15 is 0 Å². The molecular formula is C15H9F3N2O. The Balaban J connectivity index is 2.21. The number of aromatic nitrogens is 2. The second-order valence-electron chi connectivity index (χ2n) is 4.47. The van der Waals surface area contributed by atoms with Gasteiger partial charge in [-0.25, -0.2) is 4.98 Å². The molecular weight excluding hydrogens is 281 g/mol. The van der Waals surface area contributed by atoms with E-state index in [4.69, 9.17) is 0 Å². The summed E-state index contributed by atoms with van der Waals surface area (Å²) < 4.78 is 39.0. The van der Waals surface area contributed by atoms with Crippen molar-refractivity contribution in [3.63, 3.8) is 0 Å². The molecule has 21 heavy (non-hydrogen) atoms. The van der Waals surface area contributed by atoms with Crippen LogP contribution in [0.1, 0.15) is 5.56 Å². The minimum Gasteiger partial charge on any atom is -0.508 e. The molecule has 0 saturated carbocycles. The van der Waals surface area contributed by atoms with Gasteiger partial charge in [-0.15, -0.1) is 0 Å². The maximum absolute atomic E-state index is 13.0. The molecule has 0 saturated heterocycles. The van der Waals surface area contributed by atoms with Gasteiger partial charge in [0.15, 0.2) is 0 Å². The van der Waals surface area contributed by atoms with Crippen molar-refractivity contribution in [3.05, 3.63) is 54.2 Å². The molecule has 1 N–H and O–H groups in total. The molecule has 0 unspecified atom stereocenters. The molecule has 0 aliphatic carbocycles. The van der Waals surface area contributed by atoms with Crippen molar-refractivity contribution >= 4 is 11.0 Å². The van der Waals surface area contributed by atoms with Crippen LogP contribution in [-0.2, 0) is 6.18 Å². The van der Waals surface area contributed by atoms with Gasteiger partial charge < -0.3 is 5.11 Å². The highest BCUT2D eigenvalue weighted by Gasteiger charge is 2.33. The second kappa shape index (κ2) is 4.73. The number of para-hydroxylation sites is 1. The SMILES string of the molecule is Oc1ccc(-c2cnc3cccc(C(F)(F)F)c3n2)cc1. The highest BCUT2D eigenvalue weighted by Crippen LogP contribution is 2.34. The Kier molecular flexibility index (Phi) is 3.01. The van der Waals surface area contributed by atoms with E-state index in [1.54, 1.807) is 12.1 Å². The molecule has 3 aromatic rings. The summed E-state index contributed by atoms with van der Waals surface area (Å²) in [5, 5.41) is 9.24. The summed E-state index contributed by atoms with van der Waals surface area (Å²) in [7, 11) is 0. The maximum atomic E-state index is 13.0. The molecule has 2 aromatic carbocycles. The molecule has 1 heterocycles. The Morgan fingerprint density at radius 3 is 2.33 bits per heavy atom. The summed E-state index contributed by atoms with van der Waals surface area (Å²) in [6, 6.07) is 9.80. The van der Waals surface area contributed by atoms with Crippen molar-refractivity contribution in [1.29, 1.82) is 0 Å². The first kappa shape index (κ1) is 13.4. The second-order valence-corrected chi connectivity index (χ2v) is 4.47. The minimum absolute atomic E-state index is 0.0727. The van der Waals surface area contributed by atoms with E-state index in [-0.39, 0.29) is 16.8 Å². The van der Waals surface area contributed by atoms with E-state index in [9.17, 15) is 18.3 Å². The molecule has 0 atom stereocenters. The van der Waals surface area contributed by atoms with Gasteiger partial charge in [-0.05, 0) is 36.4 Å². The maximum Gasteiger partial charge on any atom is 0.418 e. The van der Waals surface area contributed by atoms with Crippen LogP contribution < -0.4 is 0 Å². The molecule has 0 spiro atoms. The number of phenolic OH excluding ortho intramolecular Hbond substituents is 1. The number of nitrogens with zero attached hydrogens (tertiary/aromatic N) is 2. The number of fused-ring (bicyclic) bond motifs is 1. The lowest BCUT2D eigenvalue weighted by atomic mass is 10.1. The Bertz CT molecular complexity index is 798. The van der Waals surface area contributed by atoms with Crippen LogP contribution in [0.4, 0.5) is 13.2 Å². The fourth-order valence-corrected chi connectivity index (χ4v) is 2.03. The first-order chi connectivity index (χ1) is 9.95. The lowest BCUT2D eigenvalue weighted by Gasteiger charge is -2.10. The van der Waals surface area contributed by atoms with Gasteiger partial charge in [-0.3, -0.25) is 4.98 Å². The average molecular weight is 290 g/mol. The lowest BCUT2D eigenvalue weighted by molar-refractivity contribution is -0.136. The van der Waals surface area contributed by atoms with Gasteiger partial charge in [0.2, 0.25) is 0 Å². The predicted octanol–water partition coefficient (Wildman–Crippen LogP) is 4.02. The molecule has 6 heteroatoms. The van der Waals surface area contributed by atoms with Crippen LogP contribution in [0.2, 0.25) is 0 Å². The highest BCUT2D eigenvalue weighted by atomic mass is 19.4. The Labute approximate surface area is 117 Å². The largest absolute Gasteiger partial charge is 0.508 e. The van der Waals surface area contributed by atoms with Crippen molar-refractivity contribution in [2.75, 3.05) is 0 Å². The monoisotopic (exact) mass is 290 g/mol. The van der Waals surface area contributed by atoms with Gasteiger partial charge in [-0.2, -0.15) is 13.2 Å². The number of hydrogen-bond acceptors (Lipinski definition) is 3. The molecule has 0 amide bonds. The molecule has 3 nitrogen and oxygen atoms in total. The van der Waals surface area contributed by atoms with Gasteiger partial charge >= 0.3 is 6.18 Å². The number of phenols is 1. The third-order valence-electron chi connectivity index (χ3n) is 3.04. The van der Waals surface area contributed by atoms with Crippen LogP contribution in [-0.4, -0.2) is 15.1 Å². The lowest BCUT2D eigenvalue weighted by Crippen LogP contribution is -2.07. The standard InChI is InChI=1S/C15H9F3N2O/c16-15(17,18)11-2-1-3-12-14(11)20-13(8-19-12)9-4-6-10(21)7-5-9/h1-8,21H. The first-order valence-corrected chi connectivity index (χ1v) is 6.07. The van der Waals surface area contributed by atoms with E-state index in [2.05, 4.69) is 9.97 Å². The van der Waals surface area contributed by atoms with Gasteiger partial charge in [0.05, 0.1) is 23.0 Å². The van der Waals surface area contributed by atoms with Crippen molar-refractivity contribution in [2.24, 2.45) is 0 Å². The average Bonchev–Trinajstić information content (AvgIpc) is 2.46. The van der Waals surface area contributed by atoms with Gasteiger partial charge in [-0.1, -0.05) is 6.07 Å². The summed E-state index contributed by atoms with van der Waals surface area (Å²) in [4.78, 5) is 8.11. The van der Waals surface area contributed by atoms with Crippen molar-refractivity contribution in [1.82, 2.24) is 9.97 Å². The van der Waals surface area contributed by atoms with Gasteiger partial charge in [0.1, 0.15) is 11.3 Å². The van der Waals surface area contributed by atoms with Gasteiger partial charge in [0, 0.05) is 5.56 Å². The van der Waals surface area contributed by atoms with E-state index in [0.29, 0.717) is 11.3 Å². The normalized spacial score (nSPS) is 11.8. The third-order valence-corrected chi connectivity index (χ3v) is 3.04. The molecule has 106 valence electrons. The van der Waals surface area contributed by atoms with E-state index in [1.807, 2.05) is 0 Å². The van der Waals surface area contributed by atoms with E-state index in [1.165, 1.54) is 30.5 Å². The van der Waals surface area contributed by atoms with Crippen LogP contribution in [0.3, 0.4) is 0 Å². The summed E-state index contributed by atoms with van der Waals surface area (Å²) >= 11 is 0. The van der Waals surface area contributed by atoms with Crippen LogP contribution in [0, 0.1) is 0 Å². The summed E-state index contributed by atoms with van der Waals surface area (Å²) in [6.07, 6.45) is -3.07. The molecule has 1 aromatic heterocycles. The summed E-state index contributed by atoms with van der Waals surface area (Å²) in [6.45, 7) is 0. The molecule has 3 rings (SSSR count). The van der Waals surface area contributed by atoms with Crippen molar-refractivity contribution in [2.45, 2.75) is 6.18 Å². The zero-order valence-electron chi connectivity index (χ0n) is 10.6. The number of halogens is 3. The Morgan fingerprint density at radius 1 is 0.952 bits per heavy atom. The minimum atomic E-state index is -4.48. The summed E-state index contributed by atoms with van der Waals surface area (Å²) in [5.74, 6) is 0.0727. The first-order valence-electron chi connectivity index (χ1n) is 6.07. The Morgan fingerprint density at radius 2 is 1.67 bits per heavy atom. The topological polar surface area (TPSA) is 46.0 Å². The zero-order valence-corrected chi connectivity index (χ0v) is 10.6. The number of benzene rings is 2. The fourth-order valence-electron chi connectivity index (χ4n) is 2.03. The molecule has 0 bridgehead atoms. The van der Waals surface area contributed by atoms with Gasteiger partial charge in [0.25, 0.3) is 0 Å². The quantitative estimate of drug-likeness (QED) is 0.736. The molecule has 0 fully saturated rings. The van der Waals surface area contributed by atoms with Crippen LogP contribution in [0.5, 0.6) is 5.75 Å². The highest BCUT2D eigenvalue weighted by molar-refractivity contribution is 5.80. The zero-order chi connectivity index (χ0) is 15.0. The number of rotatable bonds is 1. The van der Waals surface area contributed by atoms with Crippen LogP contribution in [0.15, 0.2) is 48.7 Å². The van der Waals surface area contributed by atoms with Crippen molar-refractivity contribution in [3.8, 4) is 17.0 Å². The summed E-state index contributed by atoms with van der Waals surface area (Å²) in [5.41, 5.74) is 0.0921. The third kappa shape index (κ3) is 2.52.